The first kappa shape index (κ1) is 20.7. The fourth-order valence-corrected chi connectivity index (χ4v) is 3.51. The van der Waals surface area contributed by atoms with Crippen LogP contribution in [0.25, 0.3) is 11.1 Å². The van der Waals surface area contributed by atoms with E-state index in [2.05, 4.69) is 0 Å². The highest BCUT2D eigenvalue weighted by Gasteiger charge is 2.43. The number of methoxy groups -OCH3 is 1. The Bertz CT molecular complexity index is 999. The zero-order chi connectivity index (χ0) is 20.2. The van der Waals surface area contributed by atoms with E-state index in [-0.39, 0.29) is 18.5 Å². The summed E-state index contributed by atoms with van der Waals surface area (Å²) in [6.07, 6.45) is 2.27. The number of aryl methyl sites for hydroxylation is 1. The molecule has 0 bridgehead atoms. The Labute approximate surface area is 157 Å². The number of carbonyl (C=O) groups is 1. The van der Waals surface area contributed by atoms with E-state index in [0.29, 0.717) is 11.3 Å². The lowest BCUT2D eigenvalue weighted by atomic mass is 10.1. The summed E-state index contributed by atoms with van der Waals surface area (Å²) in [7, 11) is -2.28. The molecule has 8 nitrogen and oxygen atoms in total. The zero-order valence-electron chi connectivity index (χ0n) is 15.3. The van der Waals surface area contributed by atoms with Gasteiger partial charge in [0, 0.05) is 30.6 Å². The summed E-state index contributed by atoms with van der Waals surface area (Å²) in [5.41, 5.74) is 2.45. The van der Waals surface area contributed by atoms with E-state index in [0.717, 1.165) is 11.8 Å². The van der Waals surface area contributed by atoms with E-state index in [1.54, 1.807) is 12.1 Å². The molecular weight excluding hydrogens is 372 g/mol. The van der Waals surface area contributed by atoms with Gasteiger partial charge in [-0.1, -0.05) is 18.2 Å². The van der Waals surface area contributed by atoms with Crippen LogP contribution >= 0.6 is 0 Å². The van der Waals surface area contributed by atoms with Crippen LogP contribution < -0.4 is 15.8 Å². The summed E-state index contributed by atoms with van der Waals surface area (Å²) < 4.78 is 28.7. The number of hydrogen-bond donors (Lipinski definition) is 2. The number of sulfone groups is 1. The minimum atomic E-state index is -3.82. The first-order valence-electron chi connectivity index (χ1n) is 8.12. The molecular formula is C18H22N2O6S. The summed E-state index contributed by atoms with van der Waals surface area (Å²) in [6, 6.07) is 10.4. The smallest absolute Gasteiger partial charge is 0.264 e. The standard InChI is InChI=1S/C18H22N2O6S/c1-18(17(22)19-23,27(3,24)25)9-11-20-10-8-13(12-16(20)21)14-6-4-5-7-15(14)26-2/h4-8,10,12,23H,9,11H2,1-3H3,(H,19,22)/t18-/m1/s1. The Balaban J connectivity index is 2.31. The molecule has 9 heteroatoms. The van der Waals surface area contributed by atoms with Crippen molar-refractivity contribution in [2.24, 2.45) is 0 Å². The molecule has 0 fully saturated rings. The molecule has 2 N–H and O–H groups in total. The summed E-state index contributed by atoms with van der Waals surface area (Å²) >= 11 is 0. The molecule has 0 radical (unpaired) electrons. The van der Waals surface area contributed by atoms with Crippen LogP contribution in [0.1, 0.15) is 13.3 Å². The van der Waals surface area contributed by atoms with Crippen LogP contribution in [0.2, 0.25) is 0 Å². The van der Waals surface area contributed by atoms with E-state index in [4.69, 9.17) is 9.94 Å². The van der Waals surface area contributed by atoms with Crippen molar-refractivity contribution in [3.63, 3.8) is 0 Å². The van der Waals surface area contributed by atoms with Gasteiger partial charge < -0.3 is 9.30 Å². The average molecular weight is 394 g/mol. The van der Waals surface area contributed by atoms with Gasteiger partial charge in [-0.2, -0.15) is 0 Å². The van der Waals surface area contributed by atoms with Gasteiger partial charge in [0.1, 0.15) is 5.75 Å². The quantitative estimate of drug-likeness (QED) is 0.539. The van der Waals surface area contributed by atoms with Gasteiger partial charge in [-0.25, -0.2) is 13.9 Å². The fourth-order valence-electron chi connectivity index (χ4n) is 2.66. The van der Waals surface area contributed by atoms with Crippen LogP contribution in [0.15, 0.2) is 47.4 Å². The maximum Gasteiger partial charge on any atom is 0.264 e. The first-order chi connectivity index (χ1) is 12.6. The Morgan fingerprint density at radius 2 is 1.96 bits per heavy atom. The Kier molecular flexibility index (Phi) is 6.07. The number of amides is 1. The second-order valence-electron chi connectivity index (χ2n) is 6.34. The third-order valence-corrected chi connectivity index (χ3v) is 6.67. The highest BCUT2D eigenvalue weighted by molar-refractivity contribution is 7.92. The average Bonchev–Trinajstić information content (AvgIpc) is 2.65. The summed E-state index contributed by atoms with van der Waals surface area (Å²) in [4.78, 5) is 24.3. The van der Waals surface area contributed by atoms with E-state index < -0.39 is 20.5 Å². The van der Waals surface area contributed by atoms with Crippen molar-refractivity contribution in [1.82, 2.24) is 10.0 Å². The molecule has 1 aromatic heterocycles. The molecule has 1 heterocycles. The minimum absolute atomic E-state index is 0.0119. The number of pyridine rings is 1. The first-order valence-corrected chi connectivity index (χ1v) is 10.0. The summed E-state index contributed by atoms with van der Waals surface area (Å²) in [6.45, 7) is 1.20. The van der Waals surface area contributed by atoms with E-state index >= 15 is 0 Å². The Morgan fingerprint density at radius 3 is 2.52 bits per heavy atom. The number of hydrogen-bond acceptors (Lipinski definition) is 6. The van der Waals surface area contributed by atoms with Gasteiger partial charge in [-0.3, -0.25) is 14.8 Å². The topological polar surface area (TPSA) is 115 Å². The maximum atomic E-state index is 12.4. The van der Waals surface area contributed by atoms with Gasteiger partial charge in [-0.15, -0.1) is 0 Å². The molecule has 1 amide bonds. The number of para-hydroxylation sites is 1. The molecule has 0 unspecified atom stereocenters. The normalized spacial score (nSPS) is 13.6. The number of hydroxylamine groups is 1. The lowest BCUT2D eigenvalue weighted by molar-refractivity contribution is -0.131. The molecule has 0 saturated heterocycles. The monoisotopic (exact) mass is 394 g/mol. The van der Waals surface area contributed by atoms with E-state index in [1.807, 2.05) is 18.2 Å². The van der Waals surface area contributed by atoms with Gasteiger partial charge in [0.05, 0.1) is 7.11 Å². The largest absolute Gasteiger partial charge is 0.496 e. The number of carbonyl (C=O) groups excluding carboxylic acids is 1. The van der Waals surface area contributed by atoms with Crippen molar-refractivity contribution in [3.05, 3.63) is 52.9 Å². The molecule has 0 aliphatic heterocycles. The van der Waals surface area contributed by atoms with Crippen LogP contribution in [0.3, 0.4) is 0 Å². The lowest BCUT2D eigenvalue weighted by Gasteiger charge is -2.25. The van der Waals surface area contributed by atoms with Crippen molar-refractivity contribution in [2.45, 2.75) is 24.6 Å². The molecule has 27 heavy (non-hydrogen) atoms. The number of nitrogens with one attached hydrogen (secondary N) is 1. The highest BCUT2D eigenvalue weighted by atomic mass is 32.2. The van der Waals surface area contributed by atoms with Crippen LogP contribution in [0, 0.1) is 0 Å². The van der Waals surface area contributed by atoms with Crippen LogP contribution in [-0.4, -0.2) is 42.2 Å². The number of ether oxygens (including phenoxy) is 1. The van der Waals surface area contributed by atoms with Gasteiger partial charge >= 0.3 is 0 Å². The third-order valence-electron chi connectivity index (χ3n) is 4.64. The summed E-state index contributed by atoms with van der Waals surface area (Å²) in [5, 5.41) is 8.85. The molecule has 0 spiro atoms. The predicted octanol–water partition coefficient (Wildman–Crippen LogP) is 1.22. The Hall–Kier alpha value is -2.65. The highest BCUT2D eigenvalue weighted by Crippen LogP contribution is 2.28. The molecule has 0 saturated carbocycles. The maximum absolute atomic E-state index is 12.4. The molecule has 2 rings (SSSR count). The van der Waals surface area contributed by atoms with Crippen LogP contribution in [0.4, 0.5) is 0 Å². The molecule has 0 aliphatic rings. The number of benzene rings is 1. The van der Waals surface area contributed by atoms with Gasteiger partial charge in [-0.05, 0) is 31.0 Å². The molecule has 0 aliphatic carbocycles. The fraction of sp³-hybridized carbons (Fsp3) is 0.333. The van der Waals surface area contributed by atoms with Crippen LogP contribution in [-0.2, 0) is 21.2 Å². The lowest BCUT2D eigenvalue weighted by Crippen LogP contribution is -2.49. The van der Waals surface area contributed by atoms with Gasteiger partial charge in [0.15, 0.2) is 14.6 Å². The number of rotatable bonds is 7. The molecule has 146 valence electrons. The van der Waals surface area contributed by atoms with Crippen LogP contribution in [0.5, 0.6) is 5.75 Å². The second-order valence-corrected chi connectivity index (χ2v) is 8.79. The van der Waals surface area contributed by atoms with Crippen molar-refractivity contribution < 1.29 is 23.2 Å². The predicted molar refractivity (Wildman–Crippen MR) is 100 cm³/mol. The third kappa shape index (κ3) is 4.20. The summed E-state index contributed by atoms with van der Waals surface area (Å²) in [5.74, 6) is -0.414. The van der Waals surface area contributed by atoms with Crippen molar-refractivity contribution in [2.75, 3.05) is 13.4 Å². The molecule has 1 atom stereocenters. The van der Waals surface area contributed by atoms with Gasteiger partial charge in [0.2, 0.25) is 0 Å². The van der Waals surface area contributed by atoms with E-state index in [1.165, 1.54) is 36.3 Å². The molecule has 1 aromatic carbocycles. The van der Waals surface area contributed by atoms with Gasteiger partial charge in [0.25, 0.3) is 11.5 Å². The van der Waals surface area contributed by atoms with Crippen molar-refractivity contribution >= 4 is 15.7 Å². The number of nitrogens with zero attached hydrogens (tertiary/aromatic N) is 1. The zero-order valence-corrected chi connectivity index (χ0v) is 16.1. The van der Waals surface area contributed by atoms with E-state index in [9.17, 15) is 18.0 Å². The minimum Gasteiger partial charge on any atom is -0.496 e. The Morgan fingerprint density at radius 1 is 1.30 bits per heavy atom. The molecule has 2 aromatic rings. The number of aromatic nitrogens is 1. The van der Waals surface area contributed by atoms with Crippen molar-refractivity contribution in [3.8, 4) is 16.9 Å². The second kappa shape index (κ2) is 7.93. The SMILES string of the molecule is COc1ccccc1-c1ccn(CC[C@](C)(C(=O)NO)S(C)(=O)=O)c(=O)c1. The van der Waals surface area contributed by atoms with Crippen molar-refractivity contribution in [1.29, 1.82) is 0 Å².